The fraction of sp³-hybridized carbons (Fsp3) is 0.909. The highest BCUT2D eigenvalue weighted by Crippen LogP contribution is 1.92. The van der Waals surface area contributed by atoms with Gasteiger partial charge in [0.05, 0.1) is 13.2 Å². The van der Waals surface area contributed by atoms with E-state index in [0.717, 1.165) is 26.1 Å². The van der Waals surface area contributed by atoms with Crippen LogP contribution in [0.1, 0.15) is 13.3 Å². The fourth-order valence-electron chi connectivity index (χ4n) is 1.41. The number of carbonyl (C=O) groups is 1. The summed E-state index contributed by atoms with van der Waals surface area (Å²) in [5.41, 5.74) is 0. The molecule has 0 rings (SSSR count). The predicted octanol–water partition coefficient (Wildman–Crippen LogP) is -0.631. The average Bonchev–Trinajstić information content (AvgIpc) is 2.24. The van der Waals surface area contributed by atoms with Gasteiger partial charge in [-0.3, -0.25) is 9.69 Å². The first-order valence-electron chi connectivity index (χ1n) is 5.84. The first-order valence-corrected chi connectivity index (χ1v) is 5.84. The van der Waals surface area contributed by atoms with Gasteiger partial charge in [-0.1, -0.05) is 6.92 Å². The molecule has 0 aromatic carbocycles. The predicted molar refractivity (Wildman–Crippen MR) is 65.4 cm³/mol. The Hall–Kier alpha value is -0.650. The van der Waals surface area contributed by atoms with Crippen molar-refractivity contribution in [3.8, 4) is 0 Å². The molecule has 0 fully saturated rings. The minimum absolute atomic E-state index is 0.00149. The Morgan fingerprint density at radius 1 is 1.31 bits per heavy atom. The van der Waals surface area contributed by atoms with Crippen molar-refractivity contribution in [3.05, 3.63) is 0 Å². The second-order valence-corrected chi connectivity index (χ2v) is 4.10. The lowest BCUT2D eigenvalue weighted by Crippen LogP contribution is -2.39. The van der Waals surface area contributed by atoms with E-state index in [9.17, 15) is 4.79 Å². The number of hydrogen-bond acceptors (Lipinski definition) is 4. The van der Waals surface area contributed by atoms with Crippen LogP contribution in [0.2, 0.25) is 0 Å². The maximum Gasteiger partial charge on any atom is 0.234 e. The molecule has 0 saturated carbocycles. The molecule has 96 valence electrons. The molecule has 0 heterocycles. The number of hydrogen-bond donors (Lipinski definition) is 2. The van der Waals surface area contributed by atoms with E-state index >= 15 is 0 Å². The van der Waals surface area contributed by atoms with Crippen molar-refractivity contribution in [1.82, 2.24) is 15.1 Å². The molecule has 0 aliphatic carbocycles. The Morgan fingerprint density at radius 3 is 2.50 bits per heavy atom. The number of aliphatic hydroxyl groups excluding tert-OH is 1. The third-order valence-corrected chi connectivity index (χ3v) is 2.33. The molecular formula is C11H25N3O2. The monoisotopic (exact) mass is 231 g/mol. The minimum atomic E-state index is -0.0132. The highest BCUT2D eigenvalue weighted by Gasteiger charge is 2.07. The number of carbonyl (C=O) groups excluding carboxylic acids is 1. The summed E-state index contributed by atoms with van der Waals surface area (Å²) in [4.78, 5) is 15.6. The van der Waals surface area contributed by atoms with Gasteiger partial charge in [0.2, 0.25) is 5.91 Å². The largest absolute Gasteiger partial charge is 0.395 e. The summed E-state index contributed by atoms with van der Waals surface area (Å²) in [7, 11) is 4.09. The molecular weight excluding hydrogens is 206 g/mol. The van der Waals surface area contributed by atoms with Crippen molar-refractivity contribution in [1.29, 1.82) is 0 Å². The van der Waals surface area contributed by atoms with Crippen LogP contribution in [0.25, 0.3) is 0 Å². The Balaban J connectivity index is 3.68. The molecule has 0 aromatic rings. The standard InChI is InChI=1S/C11H25N3O2/c1-4-14(8-5-7-13(2)3)10-11(16)12-6-9-15/h15H,4-10H2,1-3H3,(H,12,16). The van der Waals surface area contributed by atoms with Crippen molar-refractivity contribution in [3.63, 3.8) is 0 Å². The highest BCUT2D eigenvalue weighted by atomic mass is 16.3. The Kier molecular flexibility index (Phi) is 9.18. The van der Waals surface area contributed by atoms with E-state index in [1.54, 1.807) is 0 Å². The van der Waals surface area contributed by atoms with Gasteiger partial charge in [-0.25, -0.2) is 0 Å². The van der Waals surface area contributed by atoms with Crippen LogP contribution in [0.5, 0.6) is 0 Å². The van der Waals surface area contributed by atoms with Crippen LogP contribution in [0.3, 0.4) is 0 Å². The lowest BCUT2D eigenvalue weighted by atomic mass is 10.3. The quantitative estimate of drug-likeness (QED) is 0.555. The normalized spacial score (nSPS) is 11.1. The van der Waals surface area contributed by atoms with Crippen LogP contribution < -0.4 is 5.32 Å². The molecule has 1 amide bonds. The lowest BCUT2D eigenvalue weighted by Gasteiger charge is -2.20. The van der Waals surface area contributed by atoms with Crippen molar-refractivity contribution in [2.24, 2.45) is 0 Å². The van der Waals surface area contributed by atoms with E-state index < -0.39 is 0 Å². The van der Waals surface area contributed by atoms with E-state index in [1.807, 2.05) is 14.1 Å². The van der Waals surface area contributed by atoms with Crippen LogP contribution in [0, 0.1) is 0 Å². The summed E-state index contributed by atoms with van der Waals surface area (Å²) in [6.45, 7) is 5.65. The molecule has 0 saturated heterocycles. The summed E-state index contributed by atoms with van der Waals surface area (Å²) in [5.74, 6) is -0.0132. The van der Waals surface area contributed by atoms with Gasteiger partial charge < -0.3 is 15.3 Å². The molecule has 2 N–H and O–H groups in total. The van der Waals surface area contributed by atoms with E-state index in [4.69, 9.17) is 5.11 Å². The summed E-state index contributed by atoms with van der Waals surface area (Å²) >= 11 is 0. The molecule has 0 bridgehead atoms. The molecule has 0 spiro atoms. The van der Waals surface area contributed by atoms with Crippen molar-refractivity contribution in [2.45, 2.75) is 13.3 Å². The van der Waals surface area contributed by atoms with Crippen LogP contribution in [-0.4, -0.2) is 74.2 Å². The number of likely N-dealkylation sites (N-methyl/N-ethyl adjacent to an activating group) is 1. The van der Waals surface area contributed by atoms with Crippen molar-refractivity contribution in [2.75, 3.05) is 53.4 Å². The first kappa shape index (κ1) is 15.3. The Bertz CT molecular complexity index is 186. The summed E-state index contributed by atoms with van der Waals surface area (Å²) in [5, 5.41) is 11.2. The Labute approximate surface area is 98.4 Å². The van der Waals surface area contributed by atoms with Gasteiger partial charge in [0, 0.05) is 6.54 Å². The summed E-state index contributed by atoms with van der Waals surface area (Å²) in [6, 6.07) is 0. The highest BCUT2D eigenvalue weighted by molar-refractivity contribution is 5.77. The van der Waals surface area contributed by atoms with E-state index in [-0.39, 0.29) is 12.5 Å². The van der Waals surface area contributed by atoms with E-state index in [0.29, 0.717) is 13.1 Å². The van der Waals surface area contributed by atoms with E-state index in [2.05, 4.69) is 22.0 Å². The smallest absolute Gasteiger partial charge is 0.234 e. The minimum Gasteiger partial charge on any atom is -0.395 e. The number of rotatable bonds is 9. The Morgan fingerprint density at radius 2 is 2.00 bits per heavy atom. The number of nitrogens with zero attached hydrogens (tertiary/aromatic N) is 2. The van der Waals surface area contributed by atoms with Gasteiger partial charge in [0.15, 0.2) is 0 Å². The van der Waals surface area contributed by atoms with Crippen LogP contribution in [0.15, 0.2) is 0 Å². The van der Waals surface area contributed by atoms with Gasteiger partial charge in [-0.05, 0) is 40.2 Å². The number of amides is 1. The molecule has 5 nitrogen and oxygen atoms in total. The number of nitrogens with one attached hydrogen (secondary N) is 1. The SMILES string of the molecule is CCN(CCCN(C)C)CC(=O)NCCO. The second-order valence-electron chi connectivity index (χ2n) is 4.10. The zero-order chi connectivity index (χ0) is 12.4. The molecule has 0 atom stereocenters. The maximum absolute atomic E-state index is 11.4. The van der Waals surface area contributed by atoms with Crippen LogP contribution >= 0.6 is 0 Å². The maximum atomic E-state index is 11.4. The first-order chi connectivity index (χ1) is 7.60. The topological polar surface area (TPSA) is 55.8 Å². The van der Waals surface area contributed by atoms with Gasteiger partial charge in [-0.2, -0.15) is 0 Å². The van der Waals surface area contributed by atoms with Gasteiger partial charge in [0.25, 0.3) is 0 Å². The fourth-order valence-corrected chi connectivity index (χ4v) is 1.41. The molecule has 0 radical (unpaired) electrons. The van der Waals surface area contributed by atoms with Gasteiger partial charge in [-0.15, -0.1) is 0 Å². The molecule has 0 aliphatic rings. The van der Waals surface area contributed by atoms with Gasteiger partial charge >= 0.3 is 0 Å². The number of aliphatic hydroxyl groups is 1. The molecule has 0 aromatic heterocycles. The molecule has 16 heavy (non-hydrogen) atoms. The van der Waals surface area contributed by atoms with Crippen LogP contribution in [-0.2, 0) is 4.79 Å². The lowest BCUT2D eigenvalue weighted by molar-refractivity contribution is -0.122. The van der Waals surface area contributed by atoms with Gasteiger partial charge in [0.1, 0.15) is 0 Å². The molecule has 0 aliphatic heterocycles. The summed E-state index contributed by atoms with van der Waals surface area (Å²) in [6.07, 6.45) is 1.06. The van der Waals surface area contributed by atoms with Crippen molar-refractivity contribution >= 4 is 5.91 Å². The third kappa shape index (κ3) is 8.64. The molecule has 0 unspecified atom stereocenters. The zero-order valence-electron chi connectivity index (χ0n) is 10.7. The molecule has 5 heteroatoms. The zero-order valence-corrected chi connectivity index (χ0v) is 10.7. The van der Waals surface area contributed by atoms with Crippen LogP contribution in [0.4, 0.5) is 0 Å². The van der Waals surface area contributed by atoms with Crippen molar-refractivity contribution < 1.29 is 9.90 Å². The third-order valence-electron chi connectivity index (χ3n) is 2.33. The second kappa shape index (κ2) is 9.57. The average molecular weight is 231 g/mol. The summed E-state index contributed by atoms with van der Waals surface area (Å²) < 4.78 is 0. The van der Waals surface area contributed by atoms with E-state index in [1.165, 1.54) is 0 Å².